The summed E-state index contributed by atoms with van der Waals surface area (Å²) in [6, 6.07) is 6.63. The highest BCUT2D eigenvalue weighted by Crippen LogP contribution is 2.31. The molecule has 1 aromatic rings. The van der Waals surface area contributed by atoms with E-state index in [0.29, 0.717) is 12.1 Å². The molecule has 0 aromatic heterocycles. The lowest BCUT2D eigenvalue weighted by Crippen LogP contribution is -2.42. The van der Waals surface area contributed by atoms with E-state index in [2.05, 4.69) is 34.2 Å². The van der Waals surface area contributed by atoms with Gasteiger partial charge in [0.2, 0.25) is 0 Å². The second-order valence-corrected chi connectivity index (χ2v) is 6.36. The molecular formula is C15H20BrNO2. The Balaban J connectivity index is 1.50. The first kappa shape index (κ1) is 13.4. The van der Waals surface area contributed by atoms with Crippen LogP contribution in [0.5, 0.6) is 5.75 Å². The molecule has 3 unspecified atom stereocenters. The highest BCUT2D eigenvalue weighted by Gasteiger charge is 2.26. The van der Waals surface area contributed by atoms with Gasteiger partial charge in [0.15, 0.2) is 0 Å². The number of hydrogen-bond donors (Lipinski definition) is 1. The van der Waals surface area contributed by atoms with E-state index in [1.165, 1.54) is 18.4 Å². The highest BCUT2D eigenvalue weighted by atomic mass is 79.9. The highest BCUT2D eigenvalue weighted by molar-refractivity contribution is 9.10. The number of rotatable bonds is 4. The summed E-state index contributed by atoms with van der Waals surface area (Å²) >= 11 is 3.50. The summed E-state index contributed by atoms with van der Waals surface area (Å²) in [7, 11) is 0. The summed E-state index contributed by atoms with van der Waals surface area (Å²) in [6.07, 6.45) is 3.97. The Morgan fingerprint density at radius 3 is 3.16 bits per heavy atom. The van der Waals surface area contributed by atoms with Gasteiger partial charge in [0.1, 0.15) is 11.9 Å². The molecule has 104 valence electrons. The minimum atomic E-state index is 0.244. The topological polar surface area (TPSA) is 30.5 Å². The zero-order valence-corrected chi connectivity index (χ0v) is 12.8. The van der Waals surface area contributed by atoms with Crippen LogP contribution in [0, 0.1) is 0 Å². The van der Waals surface area contributed by atoms with Crippen molar-refractivity contribution in [3.05, 3.63) is 28.2 Å². The molecule has 3 atom stereocenters. The molecule has 1 N–H and O–H groups in total. The Morgan fingerprint density at radius 2 is 2.37 bits per heavy atom. The maximum atomic E-state index is 5.95. The van der Waals surface area contributed by atoms with Gasteiger partial charge in [-0.05, 0) is 43.5 Å². The summed E-state index contributed by atoms with van der Waals surface area (Å²) in [5.41, 5.74) is 1.30. The third-order valence-corrected chi connectivity index (χ3v) is 4.45. The molecule has 1 fully saturated rings. The Bertz CT molecular complexity index is 446. The normalized spacial score (nSPS) is 27.1. The number of hydrogen-bond acceptors (Lipinski definition) is 3. The van der Waals surface area contributed by atoms with Crippen molar-refractivity contribution in [3.63, 3.8) is 0 Å². The van der Waals surface area contributed by atoms with Gasteiger partial charge in [-0.15, -0.1) is 0 Å². The van der Waals surface area contributed by atoms with Crippen molar-refractivity contribution in [2.24, 2.45) is 0 Å². The van der Waals surface area contributed by atoms with Crippen LogP contribution in [0.2, 0.25) is 0 Å². The average molecular weight is 326 g/mol. The molecule has 0 radical (unpaired) electrons. The zero-order chi connectivity index (χ0) is 13.2. The van der Waals surface area contributed by atoms with Crippen molar-refractivity contribution in [2.75, 3.05) is 13.2 Å². The van der Waals surface area contributed by atoms with E-state index in [0.717, 1.165) is 29.8 Å². The summed E-state index contributed by atoms with van der Waals surface area (Å²) in [4.78, 5) is 0. The molecule has 2 aliphatic heterocycles. The van der Waals surface area contributed by atoms with Gasteiger partial charge in [0.05, 0.1) is 6.10 Å². The Labute approximate surface area is 122 Å². The number of nitrogens with one attached hydrogen (secondary N) is 1. The fourth-order valence-electron chi connectivity index (χ4n) is 2.85. The Morgan fingerprint density at radius 1 is 1.47 bits per heavy atom. The van der Waals surface area contributed by atoms with Crippen LogP contribution >= 0.6 is 15.9 Å². The van der Waals surface area contributed by atoms with Crippen molar-refractivity contribution in [3.8, 4) is 5.75 Å². The van der Waals surface area contributed by atoms with Gasteiger partial charge < -0.3 is 14.8 Å². The van der Waals surface area contributed by atoms with E-state index in [9.17, 15) is 0 Å². The minimum Gasteiger partial charge on any atom is -0.488 e. The van der Waals surface area contributed by atoms with Crippen LogP contribution in [-0.4, -0.2) is 31.4 Å². The second-order valence-electron chi connectivity index (χ2n) is 5.44. The van der Waals surface area contributed by atoms with Gasteiger partial charge in [-0.2, -0.15) is 0 Å². The molecule has 2 aliphatic rings. The molecule has 19 heavy (non-hydrogen) atoms. The van der Waals surface area contributed by atoms with Crippen LogP contribution < -0.4 is 10.1 Å². The molecule has 1 aromatic carbocycles. The van der Waals surface area contributed by atoms with Crippen molar-refractivity contribution in [1.29, 1.82) is 0 Å². The predicted octanol–water partition coefficient (Wildman–Crippen LogP) is 2.91. The molecule has 0 saturated carbocycles. The number of ether oxygens (including phenoxy) is 2. The molecule has 0 aliphatic carbocycles. The number of fused-ring (bicyclic) bond motifs is 1. The van der Waals surface area contributed by atoms with E-state index in [1.807, 2.05) is 12.1 Å². The monoisotopic (exact) mass is 325 g/mol. The predicted molar refractivity (Wildman–Crippen MR) is 78.7 cm³/mol. The average Bonchev–Trinajstić information content (AvgIpc) is 3.04. The molecule has 0 bridgehead atoms. The second kappa shape index (κ2) is 5.81. The first-order valence-corrected chi connectivity index (χ1v) is 7.82. The quantitative estimate of drug-likeness (QED) is 0.923. The molecule has 3 nitrogen and oxygen atoms in total. The van der Waals surface area contributed by atoms with Crippen molar-refractivity contribution in [2.45, 2.75) is 44.4 Å². The van der Waals surface area contributed by atoms with Gasteiger partial charge in [-0.3, -0.25) is 0 Å². The van der Waals surface area contributed by atoms with Crippen LogP contribution in [0.15, 0.2) is 22.7 Å². The summed E-state index contributed by atoms with van der Waals surface area (Å²) in [5, 5.41) is 3.55. The first-order valence-electron chi connectivity index (χ1n) is 7.02. The van der Waals surface area contributed by atoms with Crippen LogP contribution in [0.4, 0.5) is 0 Å². The maximum Gasteiger partial charge on any atom is 0.123 e. The van der Waals surface area contributed by atoms with Gasteiger partial charge >= 0.3 is 0 Å². The molecule has 0 spiro atoms. The fraction of sp³-hybridized carbons (Fsp3) is 0.600. The van der Waals surface area contributed by atoms with Crippen molar-refractivity contribution >= 4 is 15.9 Å². The van der Waals surface area contributed by atoms with E-state index in [-0.39, 0.29) is 6.10 Å². The number of halogens is 1. The fourth-order valence-corrected chi connectivity index (χ4v) is 3.26. The van der Waals surface area contributed by atoms with Gasteiger partial charge in [0, 0.05) is 30.1 Å². The van der Waals surface area contributed by atoms with Gasteiger partial charge in [-0.25, -0.2) is 0 Å². The SMILES string of the molecule is CC(NCC1Cc2cc(Br)ccc2O1)C1CCCO1. The molecule has 1 saturated heterocycles. The van der Waals surface area contributed by atoms with E-state index in [1.54, 1.807) is 0 Å². The third kappa shape index (κ3) is 3.12. The summed E-state index contributed by atoms with van der Waals surface area (Å²) in [5.74, 6) is 1.03. The lowest BCUT2D eigenvalue weighted by Gasteiger charge is -2.22. The largest absolute Gasteiger partial charge is 0.488 e. The molecule has 3 rings (SSSR count). The Kier molecular flexibility index (Phi) is 4.10. The minimum absolute atomic E-state index is 0.244. The van der Waals surface area contributed by atoms with Crippen LogP contribution in [0.25, 0.3) is 0 Å². The Hall–Kier alpha value is -0.580. The zero-order valence-electron chi connectivity index (χ0n) is 11.2. The van der Waals surface area contributed by atoms with Crippen LogP contribution in [0.3, 0.4) is 0 Å². The summed E-state index contributed by atoms with van der Waals surface area (Å²) in [6.45, 7) is 4.00. The van der Waals surface area contributed by atoms with E-state index < -0.39 is 0 Å². The van der Waals surface area contributed by atoms with Gasteiger partial charge in [0.25, 0.3) is 0 Å². The standard InChI is InChI=1S/C15H20BrNO2/c1-10(14-3-2-6-18-14)17-9-13-8-11-7-12(16)4-5-15(11)19-13/h4-5,7,10,13-14,17H,2-3,6,8-9H2,1H3. The molecule has 2 heterocycles. The maximum absolute atomic E-state index is 5.95. The smallest absolute Gasteiger partial charge is 0.123 e. The molecule has 0 amide bonds. The van der Waals surface area contributed by atoms with Gasteiger partial charge in [-0.1, -0.05) is 15.9 Å². The lowest BCUT2D eigenvalue weighted by molar-refractivity contribution is 0.0796. The van der Waals surface area contributed by atoms with Crippen molar-refractivity contribution < 1.29 is 9.47 Å². The summed E-state index contributed by atoms with van der Waals surface area (Å²) < 4.78 is 12.8. The number of benzene rings is 1. The first-order chi connectivity index (χ1) is 9.22. The molecule has 4 heteroatoms. The lowest BCUT2D eigenvalue weighted by atomic mass is 10.1. The van der Waals surface area contributed by atoms with Crippen molar-refractivity contribution in [1.82, 2.24) is 5.32 Å². The third-order valence-electron chi connectivity index (χ3n) is 3.95. The van der Waals surface area contributed by atoms with E-state index in [4.69, 9.17) is 9.47 Å². The molecular weight excluding hydrogens is 306 g/mol. The van der Waals surface area contributed by atoms with Crippen LogP contribution in [0.1, 0.15) is 25.3 Å². The van der Waals surface area contributed by atoms with E-state index >= 15 is 0 Å². The van der Waals surface area contributed by atoms with Crippen LogP contribution in [-0.2, 0) is 11.2 Å².